The number of carbonyl (C=O) groups excluding carboxylic acids is 1. The summed E-state index contributed by atoms with van der Waals surface area (Å²) in [7, 11) is 0. The van der Waals surface area contributed by atoms with Gasteiger partial charge in [-0.05, 0) is 31.9 Å². The van der Waals surface area contributed by atoms with Crippen LogP contribution < -0.4 is 10.9 Å². The van der Waals surface area contributed by atoms with Crippen molar-refractivity contribution >= 4 is 23.4 Å². The number of aromatic nitrogens is 2. The maximum Gasteiger partial charge on any atom is 0.257 e. The Labute approximate surface area is 155 Å². The molecule has 2 aliphatic rings. The van der Waals surface area contributed by atoms with Crippen molar-refractivity contribution in [2.45, 2.75) is 56.4 Å². The fraction of sp³-hybridized carbons (Fsp3) is 0.421. The van der Waals surface area contributed by atoms with Crippen LogP contribution in [-0.4, -0.2) is 21.0 Å². The Balaban J connectivity index is 1.92. The van der Waals surface area contributed by atoms with Gasteiger partial charge in [0.25, 0.3) is 5.56 Å². The van der Waals surface area contributed by atoms with Gasteiger partial charge in [0.1, 0.15) is 17.3 Å². The standard InChI is InChI=1S/C19H21N3O3S/c1-9(2)26-19-21-17-16(18(24)22-19)15(13-8-7-10(3)25-13)14-11(20-17)5-4-6-12(14)23/h7-9,15H,4-6H2,1-3H3,(H2,20,21,22,24). The molecule has 6 nitrogen and oxygen atoms in total. The van der Waals surface area contributed by atoms with Gasteiger partial charge in [-0.3, -0.25) is 9.59 Å². The Morgan fingerprint density at radius 1 is 1.27 bits per heavy atom. The second kappa shape index (κ2) is 6.46. The van der Waals surface area contributed by atoms with Crippen LogP contribution in [0.25, 0.3) is 0 Å². The van der Waals surface area contributed by atoms with Gasteiger partial charge in [0, 0.05) is 22.9 Å². The lowest BCUT2D eigenvalue weighted by molar-refractivity contribution is -0.116. The molecule has 2 aromatic heterocycles. The lowest BCUT2D eigenvalue weighted by Crippen LogP contribution is -2.32. The van der Waals surface area contributed by atoms with E-state index in [4.69, 9.17) is 4.42 Å². The molecule has 0 amide bonds. The van der Waals surface area contributed by atoms with Crippen molar-refractivity contribution in [1.29, 1.82) is 0 Å². The highest BCUT2D eigenvalue weighted by atomic mass is 32.2. The van der Waals surface area contributed by atoms with Crippen LogP contribution in [0.1, 0.15) is 56.1 Å². The second-order valence-corrected chi connectivity index (χ2v) is 8.54. The second-order valence-electron chi connectivity index (χ2n) is 6.98. The van der Waals surface area contributed by atoms with Crippen LogP contribution in [0, 0.1) is 6.92 Å². The van der Waals surface area contributed by atoms with Crippen LogP contribution >= 0.6 is 11.8 Å². The van der Waals surface area contributed by atoms with Crippen molar-refractivity contribution in [1.82, 2.24) is 9.97 Å². The minimum absolute atomic E-state index is 0.0727. The first-order valence-electron chi connectivity index (χ1n) is 8.84. The Bertz CT molecular complexity index is 971. The SMILES string of the molecule is Cc1ccc(C2C3=C(CCCC3=O)Nc3nc(SC(C)C)[nH]c(=O)c32)o1. The first-order valence-corrected chi connectivity index (χ1v) is 9.72. The summed E-state index contributed by atoms with van der Waals surface area (Å²) in [6.45, 7) is 5.95. The van der Waals surface area contributed by atoms with Crippen LogP contribution in [0.4, 0.5) is 5.82 Å². The highest BCUT2D eigenvalue weighted by Gasteiger charge is 2.39. The maximum absolute atomic E-state index is 12.9. The average Bonchev–Trinajstić information content (AvgIpc) is 2.98. The minimum Gasteiger partial charge on any atom is -0.465 e. The maximum atomic E-state index is 12.9. The van der Waals surface area contributed by atoms with E-state index in [1.54, 1.807) is 0 Å². The molecule has 0 aromatic carbocycles. The van der Waals surface area contributed by atoms with E-state index in [9.17, 15) is 9.59 Å². The van der Waals surface area contributed by atoms with Gasteiger partial charge < -0.3 is 14.7 Å². The normalized spacial score (nSPS) is 19.4. The molecule has 1 unspecified atom stereocenters. The molecule has 0 radical (unpaired) electrons. The van der Waals surface area contributed by atoms with Crippen molar-refractivity contribution in [2.24, 2.45) is 0 Å². The van der Waals surface area contributed by atoms with Crippen molar-refractivity contribution in [3.63, 3.8) is 0 Å². The van der Waals surface area contributed by atoms with E-state index in [1.807, 2.05) is 32.9 Å². The molecule has 1 aliphatic heterocycles. The Kier molecular flexibility index (Phi) is 4.26. The van der Waals surface area contributed by atoms with Crippen LogP contribution in [0.2, 0.25) is 0 Å². The summed E-state index contributed by atoms with van der Waals surface area (Å²) in [5, 5.41) is 4.14. The molecule has 2 aromatic rings. The van der Waals surface area contributed by atoms with Gasteiger partial charge in [-0.2, -0.15) is 0 Å². The van der Waals surface area contributed by atoms with E-state index >= 15 is 0 Å². The summed E-state index contributed by atoms with van der Waals surface area (Å²) >= 11 is 1.50. The van der Waals surface area contributed by atoms with Gasteiger partial charge in [0.05, 0.1) is 11.5 Å². The molecule has 0 bridgehead atoms. The largest absolute Gasteiger partial charge is 0.465 e. The molecule has 0 saturated carbocycles. The van der Waals surface area contributed by atoms with Crippen molar-refractivity contribution in [3.8, 4) is 0 Å². The number of carbonyl (C=O) groups is 1. The summed E-state index contributed by atoms with van der Waals surface area (Å²) in [5.41, 5.74) is 1.75. The van der Waals surface area contributed by atoms with Gasteiger partial charge in [0.15, 0.2) is 10.9 Å². The van der Waals surface area contributed by atoms with Crippen molar-refractivity contribution < 1.29 is 9.21 Å². The predicted molar refractivity (Wildman–Crippen MR) is 101 cm³/mol. The first-order chi connectivity index (χ1) is 12.4. The first kappa shape index (κ1) is 17.1. The fourth-order valence-corrected chi connectivity index (χ4v) is 4.35. The van der Waals surface area contributed by atoms with Gasteiger partial charge in [-0.1, -0.05) is 25.6 Å². The highest BCUT2D eigenvalue weighted by Crippen LogP contribution is 2.43. The summed E-state index contributed by atoms with van der Waals surface area (Å²) in [4.78, 5) is 33.1. The lowest BCUT2D eigenvalue weighted by atomic mass is 9.79. The third-order valence-corrected chi connectivity index (χ3v) is 5.52. The van der Waals surface area contributed by atoms with E-state index in [2.05, 4.69) is 15.3 Å². The van der Waals surface area contributed by atoms with Crippen LogP contribution in [0.3, 0.4) is 0 Å². The molecule has 1 aliphatic carbocycles. The van der Waals surface area contributed by atoms with E-state index in [1.165, 1.54) is 11.8 Å². The molecule has 0 fully saturated rings. The Hall–Kier alpha value is -2.28. The van der Waals surface area contributed by atoms with Gasteiger partial charge in [-0.25, -0.2) is 4.98 Å². The van der Waals surface area contributed by atoms with Crippen LogP contribution in [-0.2, 0) is 4.79 Å². The summed E-state index contributed by atoms with van der Waals surface area (Å²) in [6.07, 6.45) is 2.08. The molecule has 0 saturated heterocycles. The number of hydrogen-bond acceptors (Lipinski definition) is 6. The van der Waals surface area contributed by atoms with Gasteiger partial charge >= 0.3 is 0 Å². The third-order valence-electron chi connectivity index (χ3n) is 4.63. The Morgan fingerprint density at radius 2 is 2.08 bits per heavy atom. The number of nitrogens with zero attached hydrogens (tertiary/aromatic N) is 1. The number of aryl methyl sites for hydroxylation is 1. The summed E-state index contributed by atoms with van der Waals surface area (Å²) in [6, 6.07) is 3.70. The molecular formula is C19H21N3O3S. The predicted octanol–water partition coefficient (Wildman–Crippen LogP) is 3.74. The zero-order valence-electron chi connectivity index (χ0n) is 15.0. The molecule has 136 valence electrons. The number of Topliss-reactive ketones (excluding diaryl/α,β-unsaturated/α-hetero) is 1. The number of hydrogen-bond donors (Lipinski definition) is 2. The minimum atomic E-state index is -0.503. The molecule has 2 N–H and O–H groups in total. The molecule has 3 heterocycles. The monoisotopic (exact) mass is 371 g/mol. The number of ketones is 1. The van der Waals surface area contributed by atoms with E-state index in [0.717, 1.165) is 24.3 Å². The summed E-state index contributed by atoms with van der Waals surface area (Å²) < 4.78 is 5.83. The summed E-state index contributed by atoms with van der Waals surface area (Å²) in [5.74, 6) is 1.47. The number of furan rings is 1. The Morgan fingerprint density at radius 3 is 2.77 bits per heavy atom. The number of allylic oxidation sites excluding steroid dienone is 2. The number of thioether (sulfide) groups is 1. The number of aromatic amines is 1. The average molecular weight is 371 g/mol. The number of nitrogens with one attached hydrogen (secondary N) is 2. The number of rotatable bonds is 3. The van der Waals surface area contributed by atoms with Crippen LogP contribution in [0.5, 0.6) is 0 Å². The number of H-pyrrole nitrogens is 1. The molecular weight excluding hydrogens is 350 g/mol. The lowest BCUT2D eigenvalue weighted by Gasteiger charge is -2.31. The molecule has 7 heteroatoms. The zero-order chi connectivity index (χ0) is 18.4. The smallest absolute Gasteiger partial charge is 0.257 e. The number of fused-ring (bicyclic) bond motifs is 1. The van der Waals surface area contributed by atoms with E-state index in [0.29, 0.717) is 39.5 Å². The zero-order valence-corrected chi connectivity index (χ0v) is 15.8. The third kappa shape index (κ3) is 2.90. The highest BCUT2D eigenvalue weighted by molar-refractivity contribution is 7.99. The van der Waals surface area contributed by atoms with Gasteiger partial charge in [-0.15, -0.1) is 0 Å². The molecule has 1 atom stereocenters. The molecule has 4 rings (SSSR count). The number of anilines is 1. The topological polar surface area (TPSA) is 88.0 Å². The van der Waals surface area contributed by atoms with Crippen molar-refractivity contribution in [3.05, 3.63) is 50.8 Å². The quantitative estimate of drug-likeness (QED) is 0.631. The van der Waals surface area contributed by atoms with Crippen LogP contribution in [0.15, 0.2) is 37.8 Å². The van der Waals surface area contributed by atoms with Crippen molar-refractivity contribution in [2.75, 3.05) is 5.32 Å². The molecule has 0 spiro atoms. The van der Waals surface area contributed by atoms with E-state index < -0.39 is 5.92 Å². The molecule has 26 heavy (non-hydrogen) atoms. The van der Waals surface area contributed by atoms with Gasteiger partial charge in [0.2, 0.25) is 0 Å². The van der Waals surface area contributed by atoms with E-state index in [-0.39, 0.29) is 11.3 Å². The fourth-order valence-electron chi connectivity index (χ4n) is 3.61.